The van der Waals surface area contributed by atoms with Gasteiger partial charge in [0.25, 0.3) is 0 Å². The van der Waals surface area contributed by atoms with Crippen LogP contribution in [0, 0.1) is 0 Å². The minimum absolute atomic E-state index is 0.141. The van der Waals surface area contributed by atoms with Crippen LogP contribution in [0.2, 0.25) is 0 Å². The highest BCUT2D eigenvalue weighted by atomic mass is 16.6. The number of ether oxygens (including phenoxy) is 1. The molecule has 1 atom stereocenters. The molecule has 0 saturated carbocycles. The third-order valence-electron chi connectivity index (χ3n) is 2.37. The van der Waals surface area contributed by atoms with E-state index in [1.54, 1.807) is 0 Å². The molecule has 0 aromatic rings. The van der Waals surface area contributed by atoms with Crippen molar-refractivity contribution in [2.75, 3.05) is 6.61 Å². The van der Waals surface area contributed by atoms with Gasteiger partial charge in [-0.05, 0) is 12.8 Å². The van der Waals surface area contributed by atoms with Crippen LogP contribution in [0.15, 0.2) is 0 Å². The van der Waals surface area contributed by atoms with Gasteiger partial charge in [-0.15, -0.1) is 0 Å². The van der Waals surface area contributed by atoms with Gasteiger partial charge in [0.15, 0.2) is 0 Å². The third-order valence-corrected chi connectivity index (χ3v) is 2.37. The Morgan fingerprint density at radius 3 is 2.40 bits per heavy atom. The maximum absolute atomic E-state index is 10.4. The van der Waals surface area contributed by atoms with Crippen molar-refractivity contribution in [1.82, 2.24) is 0 Å². The van der Waals surface area contributed by atoms with Crippen LogP contribution in [-0.4, -0.2) is 23.9 Å². The van der Waals surface area contributed by atoms with Crippen molar-refractivity contribution in [3.05, 3.63) is 0 Å². The monoisotopic (exact) mass is 217 g/mol. The summed E-state index contributed by atoms with van der Waals surface area (Å²) in [6.07, 6.45) is 6.56. The van der Waals surface area contributed by atoms with Crippen LogP contribution in [-0.2, 0) is 4.74 Å². The van der Waals surface area contributed by atoms with E-state index in [9.17, 15) is 4.79 Å². The average molecular weight is 217 g/mol. The number of aliphatic hydroxyl groups excluding tert-OH is 1. The maximum Gasteiger partial charge on any atom is 0.404 e. The summed E-state index contributed by atoms with van der Waals surface area (Å²) in [4.78, 5) is 10.4. The average Bonchev–Trinajstić information content (AvgIpc) is 2.20. The molecule has 0 aromatic carbocycles. The van der Waals surface area contributed by atoms with Gasteiger partial charge in [0.05, 0.1) is 6.61 Å². The standard InChI is InChI=1S/C11H23NO3/c1-2-3-4-5-6-7-8-10(9-13)15-11(12)14/h10,13H,2-9H2,1H3,(H2,12,14). The van der Waals surface area contributed by atoms with Crippen molar-refractivity contribution >= 4 is 6.09 Å². The molecule has 0 aliphatic rings. The molecule has 0 saturated heterocycles. The van der Waals surface area contributed by atoms with Gasteiger partial charge in [0, 0.05) is 0 Å². The largest absolute Gasteiger partial charge is 0.444 e. The molecular formula is C11H23NO3. The maximum atomic E-state index is 10.4. The Kier molecular flexibility index (Phi) is 9.27. The fraction of sp³-hybridized carbons (Fsp3) is 0.909. The summed E-state index contributed by atoms with van der Waals surface area (Å²) < 4.78 is 4.72. The fourth-order valence-electron chi connectivity index (χ4n) is 1.50. The number of nitrogens with two attached hydrogens (primary N) is 1. The van der Waals surface area contributed by atoms with Crippen LogP contribution in [0.1, 0.15) is 51.9 Å². The smallest absolute Gasteiger partial charge is 0.404 e. The lowest BCUT2D eigenvalue weighted by atomic mass is 10.1. The van der Waals surface area contributed by atoms with Crippen LogP contribution in [0.3, 0.4) is 0 Å². The van der Waals surface area contributed by atoms with Crippen LogP contribution < -0.4 is 5.73 Å². The van der Waals surface area contributed by atoms with E-state index in [4.69, 9.17) is 15.6 Å². The second-order valence-corrected chi connectivity index (χ2v) is 3.80. The Morgan fingerprint density at radius 2 is 1.87 bits per heavy atom. The van der Waals surface area contributed by atoms with E-state index >= 15 is 0 Å². The predicted molar refractivity (Wildman–Crippen MR) is 59.5 cm³/mol. The molecule has 90 valence electrons. The van der Waals surface area contributed by atoms with Crippen LogP contribution in [0.25, 0.3) is 0 Å². The van der Waals surface area contributed by atoms with Gasteiger partial charge in [0.2, 0.25) is 0 Å². The van der Waals surface area contributed by atoms with Crippen LogP contribution >= 0.6 is 0 Å². The molecular weight excluding hydrogens is 194 g/mol. The highest BCUT2D eigenvalue weighted by molar-refractivity contribution is 5.64. The van der Waals surface area contributed by atoms with Crippen molar-refractivity contribution in [3.63, 3.8) is 0 Å². The second kappa shape index (κ2) is 9.77. The predicted octanol–water partition coefficient (Wildman–Crippen LogP) is 2.19. The molecule has 0 aliphatic carbocycles. The molecule has 15 heavy (non-hydrogen) atoms. The second-order valence-electron chi connectivity index (χ2n) is 3.80. The first-order chi connectivity index (χ1) is 7.20. The Morgan fingerprint density at radius 1 is 1.27 bits per heavy atom. The molecule has 0 rings (SSSR count). The molecule has 4 nitrogen and oxygen atoms in total. The van der Waals surface area contributed by atoms with Crippen molar-refractivity contribution in [1.29, 1.82) is 0 Å². The third kappa shape index (κ3) is 9.53. The van der Waals surface area contributed by atoms with Gasteiger partial charge >= 0.3 is 6.09 Å². The number of amides is 1. The molecule has 0 heterocycles. The zero-order valence-corrected chi connectivity index (χ0v) is 9.58. The molecule has 0 aliphatic heterocycles. The number of primary amides is 1. The summed E-state index contributed by atoms with van der Waals surface area (Å²) in [5.41, 5.74) is 4.87. The number of carbonyl (C=O) groups is 1. The fourth-order valence-corrected chi connectivity index (χ4v) is 1.50. The molecule has 1 amide bonds. The Hall–Kier alpha value is -0.770. The topological polar surface area (TPSA) is 72.6 Å². The number of hydrogen-bond donors (Lipinski definition) is 2. The number of hydrogen-bond acceptors (Lipinski definition) is 3. The highest BCUT2D eigenvalue weighted by Crippen LogP contribution is 2.10. The Balaban J connectivity index is 3.34. The Labute approximate surface area is 91.8 Å². The highest BCUT2D eigenvalue weighted by Gasteiger charge is 2.09. The molecule has 0 radical (unpaired) electrons. The van der Waals surface area contributed by atoms with E-state index < -0.39 is 12.2 Å². The van der Waals surface area contributed by atoms with Crippen LogP contribution in [0.5, 0.6) is 0 Å². The van der Waals surface area contributed by atoms with Crippen molar-refractivity contribution in [3.8, 4) is 0 Å². The van der Waals surface area contributed by atoms with Gasteiger partial charge in [-0.1, -0.05) is 39.0 Å². The lowest BCUT2D eigenvalue weighted by molar-refractivity contribution is 0.0570. The van der Waals surface area contributed by atoms with Crippen molar-refractivity contribution < 1.29 is 14.6 Å². The normalized spacial score (nSPS) is 12.4. The zero-order chi connectivity index (χ0) is 11.5. The van der Waals surface area contributed by atoms with Gasteiger partial charge in [-0.25, -0.2) is 4.79 Å². The molecule has 1 unspecified atom stereocenters. The summed E-state index contributed by atoms with van der Waals surface area (Å²) in [5, 5.41) is 8.88. The van der Waals surface area contributed by atoms with E-state index in [1.807, 2.05) is 0 Å². The minimum atomic E-state index is -0.806. The number of rotatable bonds is 9. The Bertz CT molecular complexity index is 162. The van der Waals surface area contributed by atoms with E-state index in [1.165, 1.54) is 25.7 Å². The first-order valence-corrected chi connectivity index (χ1v) is 5.77. The van der Waals surface area contributed by atoms with E-state index in [0.717, 1.165) is 12.8 Å². The summed E-state index contributed by atoms with van der Waals surface area (Å²) in [7, 11) is 0. The minimum Gasteiger partial charge on any atom is -0.444 e. The lowest BCUT2D eigenvalue weighted by Gasteiger charge is -2.13. The first kappa shape index (κ1) is 14.2. The van der Waals surface area contributed by atoms with Gasteiger partial charge in [0.1, 0.15) is 6.10 Å². The lowest BCUT2D eigenvalue weighted by Crippen LogP contribution is -2.25. The number of carbonyl (C=O) groups excluding carboxylic acids is 1. The first-order valence-electron chi connectivity index (χ1n) is 5.77. The molecule has 0 aromatic heterocycles. The molecule has 0 spiro atoms. The number of aliphatic hydroxyl groups is 1. The summed E-state index contributed by atoms with van der Waals surface area (Å²) in [6, 6.07) is 0. The summed E-state index contributed by atoms with van der Waals surface area (Å²) >= 11 is 0. The zero-order valence-electron chi connectivity index (χ0n) is 9.58. The molecule has 3 N–H and O–H groups in total. The molecule has 0 bridgehead atoms. The van der Waals surface area contributed by atoms with Crippen LogP contribution in [0.4, 0.5) is 4.79 Å². The summed E-state index contributed by atoms with van der Waals surface area (Å²) in [5.74, 6) is 0. The van der Waals surface area contributed by atoms with Crippen molar-refractivity contribution in [2.24, 2.45) is 5.73 Å². The molecule has 0 fully saturated rings. The molecule has 4 heteroatoms. The number of unbranched alkanes of at least 4 members (excludes halogenated alkanes) is 5. The van der Waals surface area contributed by atoms with Crippen molar-refractivity contribution in [2.45, 2.75) is 58.0 Å². The van der Waals surface area contributed by atoms with E-state index in [0.29, 0.717) is 6.42 Å². The summed E-state index contributed by atoms with van der Waals surface area (Å²) in [6.45, 7) is 2.04. The van der Waals surface area contributed by atoms with E-state index in [-0.39, 0.29) is 6.61 Å². The van der Waals surface area contributed by atoms with E-state index in [2.05, 4.69) is 6.92 Å². The van der Waals surface area contributed by atoms with Gasteiger partial charge < -0.3 is 15.6 Å². The van der Waals surface area contributed by atoms with Gasteiger partial charge in [-0.3, -0.25) is 0 Å². The van der Waals surface area contributed by atoms with Gasteiger partial charge in [-0.2, -0.15) is 0 Å². The quantitative estimate of drug-likeness (QED) is 0.581. The SMILES string of the molecule is CCCCCCCCC(CO)OC(N)=O.